The highest BCUT2D eigenvalue weighted by Crippen LogP contribution is 2.39. The topological polar surface area (TPSA) is 41.1 Å². The lowest BCUT2D eigenvalue weighted by molar-refractivity contribution is -0.105. The van der Waals surface area contributed by atoms with Crippen LogP contribution >= 0.6 is 11.6 Å². The first-order chi connectivity index (χ1) is 10.7. The minimum atomic E-state index is -0.363. The third-order valence-corrected chi connectivity index (χ3v) is 4.36. The Labute approximate surface area is 133 Å². The quantitative estimate of drug-likeness (QED) is 0.847. The predicted octanol–water partition coefficient (Wildman–Crippen LogP) is 3.52. The average Bonchev–Trinajstić information content (AvgIpc) is 2.97. The summed E-state index contributed by atoms with van der Waals surface area (Å²) >= 11 is 6.09. The van der Waals surface area contributed by atoms with Gasteiger partial charge in [0.15, 0.2) is 0 Å². The highest BCUT2D eigenvalue weighted by atomic mass is 35.5. The van der Waals surface area contributed by atoms with E-state index in [4.69, 9.17) is 11.6 Å². The van der Waals surface area contributed by atoms with Crippen LogP contribution in [0.1, 0.15) is 23.0 Å². The molecule has 1 amide bonds. The van der Waals surface area contributed by atoms with Crippen molar-refractivity contribution in [1.82, 2.24) is 5.32 Å². The van der Waals surface area contributed by atoms with Crippen LogP contribution in [0, 0.1) is 5.82 Å². The number of nitrogens with one attached hydrogen (secondary N) is 2. The molecule has 0 radical (unpaired) electrons. The molecule has 1 aliphatic rings. The van der Waals surface area contributed by atoms with Crippen LogP contribution in [0.2, 0.25) is 5.02 Å². The SMILES string of the molecule is O=CNc1cc(F)ccc1C1CNCC1c1cccc(Cl)c1. The summed E-state index contributed by atoms with van der Waals surface area (Å²) < 4.78 is 13.4. The van der Waals surface area contributed by atoms with E-state index in [1.54, 1.807) is 6.07 Å². The Balaban J connectivity index is 1.98. The Morgan fingerprint density at radius 2 is 2.00 bits per heavy atom. The molecule has 5 heteroatoms. The van der Waals surface area contributed by atoms with E-state index in [1.165, 1.54) is 12.1 Å². The zero-order valence-electron chi connectivity index (χ0n) is 11.9. The van der Waals surface area contributed by atoms with Gasteiger partial charge in [-0.15, -0.1) is 0 Å². The highest BCUT2D eigenvalue weighted by Gasteiger charge is 2.31. The molecule has 1 aliphatic heterocycles. The number of carbonyl (C=O) groups is 1. The second-order valence-corrected chi connectivity index (χ2v) is 5.86. The molecule has 22 heavy (non-hydrogen) atoms. The minimum Gasteiger partial charge on any atom is -0.328 e. The number of anilines is 1. The number of rotatable bonds is 4. The Bertz CT molecular complexity index is 692. The molecule has 2 N–H and O–H groups in total. The second kappa shape index (κ2) is 6.46. The van der Waals surface area contributed by atoms with Gasteiger partial charge in [0.05, 0.1) is 0 Å². The zero-order valence-corrected chi connectivity index (χ0v) is 12.6. The van der Waals surface area contributed by atoms with Gasteiger partial charge in [-0.1, -0.05) is 29.8 Å². The average molecular weight is 319 g/mol. The fourth-order valence-corrected chi connectivity index (χ4v) is 3.33. The maximum absolute atomic E-state index is 13.4. The van der Waals surface area contributed by atoms with Crippen LogP contribution in [-0.2, 0) is 4.79 Å². The predicted molar refractivity (Wildman–Crippen MR) is 85.9 cm³/mol. The Hall–Kier alpha value is -1.91. The molecule has 3 nitrogen and oxygen atoms in total. The summed E-state index contributed by atoms with van der Waals surface area (Å²) in [5.74, 6) is 0.0243. The van der Waals surface area contributed by atoms with E-state index >= 15 is 0 Å². The lowest BCUT2D eigenvalue weighted by atomic mass is 9.83. The van der Waals surface area contributed by atoms with Gasteiger partial charge in [0, 0.05) is 35.6 Å². The molecule has 3 rings (SSSR count). The molecule has 0 aromatic heterocycles. The summed E-state index contributed by atoms with van der Waals surface area (Å²) in [6.45, 7) is 1.60. The number of benzene rings is 2. The van der Waals surface area contributed by atoms with Crippen molar-refractivity contribution >= 4 is 23.7 Å². The molecule has 114 valence electrons. The third-order valence-electron chi connectivity index (χ3n) is 4.12. The van der Waals surface area contributed by atoms with Crippen LogP contribution in [-0.4, -0.2) is 19.5 Å². The van der Waals surface area contributed by atoms with E-state index in [1.807, 2.05) is 24.3 Å². The number of hydrogen-bond acceptors (Lipinski definition) is 2. The van der Waals surface area contributed by atoms with Crippen molar-refractivity contribution in [2.24, 2.45) is 0 Å². The van der Waals surface area contributed by atoms with Crippen molar-refractivity contribution < 1.29 is 9.18 Å². The van der Waals surface area contributed by atoms with E-state index in [2.05, 4.69) is 10.6 Å². The summed E-state index contributed by atoms with van der Waals surface area (Å²) in [5, 5.41) is 6.68. The van der Waals surface area contributed by atoms with Crippen molar-refractivity contribution in [2.45, 2.75) is 11.8 Å². The molecule has 0 bridgehead atoms. The van der Waals surface area contributed by atoms with E-state index in [0.717, 1.165) is 24.2 Å². The molecule has 1 saturated heterocycles. The largest absolute Gasteiger partial charge is 0.328 e. The van der Waals surface area contributed by atoms with Gasteiger partial charge in [0.1, 0.15) is 5.82 Å². The first-order valence-corrected chi connectivity index (χ1v) is 7.52. The number of amides is 1. The minimum absolute atomic E-state index is 0.154. The Morgan fingerprint density at radius 1 is 1.18 bits per heavy atom. The summed E-state index contributed by atoms with van der Waals surface area (Å²) in [7, 11) is 0. The van der Waals surface area contributed by atoms with Crippen LogP contribution in [0.25, 0.3) is 0 Å². The lowest BCUT2D eigenvalue weighted by Crippen LogP contribution is -2.12. The first kappa shape index (κ1) is 15.0. The van der Waals surface area contributed by atoms with Crippen LogP contribution in [0.5, 0.6) is 0 Å². The van der Waals surface area contributed by atoms with Crippen LogP contribution in [0.15, 0.2) is 42.5 Å². The van der Waals surface area contributed by atoms with Gasteiger partial charge in [-0.3, -0.25) is 4.79 Å². The summed E-state index contributed by atoms with van der Waals surface area (Å²) in [5.41, 5.74) is 2.60. The van der Waals surface area contributed by atoms with E-state index in [-0.39, 0.29) is 17.7 Å². The van der Waals surface area contributed by atoms with E-state index in [9.17, 15) is 9.18 Å². The lowest BCUT2D eigenvalue weighted by Gasteiger charge is -2.22. The third kappa shape index (κ3) is 2.98. The molecule has 1 fully saturated rings. The molecular weight excluding hydrogens is 303 g/mol. The van der Waals surface area contributed by atoms with Crippen molar-refractivity contribution in [3.8, 4) is 0 Å². The Kier molecular flexibility index (Phi) is 4.41. The van der Waals surface area contributed by atoms with E-state index in [0.29, 0.717) is 17.1 Å². The highest BCUT2D eigenvalue weighted by molar-refractivity contribution is 6.30. The first-order valence-electron chi connectivity index (χ1n) is 7.15. The monoisotopic (exact) mass is 318 g/mol. The van der Waals surface area contributed by atoms with Gasteiger partial charge in [-0.25, -0.2) is 4.39 Å². The summed E-state index contributed by atoms with van der Waals surface area (Å²) in [4.78, 5) is 10.8. The summed E-state index contributed by atoms with van der Waals surface area (Å²) in [6.07, 6.45) is 0.578. The van der Waals surface area contributed by atoms with Gasteiger partial charge < -0.3 is 10.6 Å². The molecule has 0 aliphatic carbocycles. The van der Waals surface area contributed by atoms with Crippen molar-refractivity contribution in [2.75, 3.05) is 18.4 Å². The molecule has 0 spiro atoms. The van der Waals surface area contributed by atoms with Gasteiger partial charge in [-0.2, -0.15) is 0 Å². The standard InChI is InChI=1S/C17H16ClFN2O/c18-12-3-1-2-11(6-12)15-8-20-9-16(15)14-5-4-13(19)7-17(14)21-10-22/h1-7,10,15-16,20H,8-9H2,(H,21,22). The van der Waals surface area contributed by atoms with Crippen molar-refractivity contribution in [3.63, 3.8) is 0 Å². The number of carbonyl (C=O) groups excluding carboxylic acids is 1. The second-order valence-electron chi connectivity index (χ2n) is 5.42. The van der Waals surface area contributed by atoms with E-state index < -0.39 is 0 Å². The molecule has 2 aromatic rings. The Morgan fingerprint density at radius 3 is 2.77 bits per heavy atom. The van der Waals surface area contributed by atoms with Gasteiger partial charge in [-0.05, 0) is 35.4 Å². The maximum Gasteiger partial charge on any atom is 0.211 e. The molecule has 1 heterocycles. The zero-order chi connectivity index (χ0) is 15.5. The normalized spacial score (nSPS) is 20.8. The van der Waals surface area contributed by atoms with Crippen molar-refractivity contribution in [3.05, 3.63) is 64.4 Å². The molecular formula is C17H16ClFN2O. The summed E-state index contributed by atoms with van der Waals surface area (Å²) in [6, 6.07) is 12.3. The van der Waals surface area contributed by atoms with Gasteiger partial charge >= 0.3 is 0 Å². The fourth-order valence-electron chi connectivity index (χ4n) is 3.13. The smallest absolute Gasteiger partial charge is 0.211 e. The van der Waals surface area contributed by atoms with Crippen LogP contribution in [0.3, 0.4) is 0 Å². The molecule has 2 atom stereocenters. The number of hydrogen-bond donors (Lipinski definition) is 2. The van der Waals surface area contributed by atoms with Crippen LogP contribution < -0.4 is 10.6 Å². The number of halogens is 2. The molecule has 0 saturated carbocycles. The fraction of sp³-hybridized carbons (Fsp3) is 0.235. The van der Waals surface area contributed by atoms with Crippen molar-refractivity contribution in [1.29, 1.82) is 0 Å². The molecule has 2 aromatic carbocycles. The van der Waals surface area contributed by atoms with Gasteiger partial charge in [0.2, 0.25) is 6.41 Å². The van der Waals surface area contributed by atoms with Crippen LogP contribution in [0.4, 0.5) is 10.1 Å². The molecule has 2 unspecified atom stereocenters. The van der Waals surface area contributed by atoms with Gasteiger partial charge in [0.25, 0.3) is 0 Å². The maximum atomic E-state index is 13.4.